The number of hydrogen-bond acceptors (Lipinski definition) is 5. The lowest BCUT2D eigenvalue weighted by atomic mass is 10.1. The number of carbonyl (C=O) groups is 2. The quantitative estimate of drug-likeness (QED) is 0.770. The highest BCUT2D eigenvalue weighted by Gasteiger charge is 2.25. The zero-order valence-electron chi connectivity index (χ0n) is 15.6. The van der Waals surface area contributed by atoms with Gasteiger partial charge in [-0.2, -0.15) is 0 Å². The van der Waals surface area contributed by atoms with Crippen LogP contribution in [0, 0.1) is 27.7 Å². The van der Waals surface area contributed by atoms with Gasteiger partial charge in [-0.05, 0) is 45.4 Å². The molecule has 3 rings (SSSR count). The first-order valence-electron chi connectivity index (χ1n) is 8.68. The Kier molecular flexibility index (Phi) is 5.48. The minimum atomic E-state index is -0.448. The van der Waals surface area contributed by atoms with Crippen molar-refractivity contribution in [2.24, 2.45) is 0 Å². The Morgan fingerprint density at radius 1 is 1.12 bits per heavy atom. The van der Waals surface area contributed by atoms with Crippen molar-refractivity contribution in [1.82, 2.24) is 9.47 Å². The summed E-state index contributed by atoms with van der Waals surface area (Å²) in [5, 5.41) is 0.851. The van der Waals surface area contributed by atoms with Gasteiger partial charge in [0.1, 0.15) is 5.00 Å². The summed E-state index contributed by atoms with van der Waals surface area (Å²) in [5.41, 5.74) is 3.57. The Morgan fingerprint density at radius 3 is 2.35 bits per heavy atom. The van der Waals surface area contributed by atoms with Crippen molar-refractivity contribution in [2.75, 3.05) is 32.9 Å². The molecule has 2 aromatic rings. The molecule has 1 aliphatic heterocycles. The lowest BCUT2D eigenvalue weighted by Gasteiger charge is -2.26. The molecule has 26 heavy (non-hydrogen) atoms. The zero-order valence-corrected chi connectivity index (χ0v) is 16.4. The van der Waals surface area contributed by atoms with Gasteiger partial charge < -0.3 is 18.9 Å². The van der Waals surface area contributed by atoms with Gasteiger partial charge in [-0.15, -0.1) is 11.3 Å². The van der Waals surface area contributed by atoms with Crippen molar-refractivity contribution in [1.29, 1.82) is 0 Å². The molecule has 0 N–H and O–H groups in total. The molecule has 3 heterocycles. The van der Waals surface area contributed by atoms with Crippen LogP contribution in [0.4, 0.5) is 0 Å². The lowest BCUT2D eigenvalue weighted by molar-refractivity contribution is -0.138. The van der Waals surface area contributed by atoms with Gasteiger partial charge in [0.2, 0.25) is 0 Å². The summed E-state index contributed by atoms with van der Waals surface area (Å²) in [6.07, 6.45) is 0. The fourth-order valence-electron chi connectivity index (χ4n) is 3.10. The predicted octanol–water partition coefficient (Wildman–Crippen LogP) is 2.79. The molecule has 1 saturated heterocycles. The Bertz CT molecular complexity index is 811. The normalized spacial score (nSPS) is 14.5. The van der Waals surface area contributed by atoms with Crippen LogP contribution in [0.25, 0.3) is 5.00 Å². The summed E-state index contributed by atoms with van der Waals surface area (Å²) in [6.45, 7) is 9.83. The largest absolute Gasteiger partial charge is 0.452 e. The maximum Gasteiger partial charge on any atom is 0.341 e. The van der Waals surface area contributed by atoms with E-state index in [2.05, 4.69) is 4.57 Å². The Hall–Kier alpha value is -2.12. The van der Waals surface area contributed by atoms with Crippen LogP contribution in [0.15, 0.2) is 12.1 Å². The van der Waals surface area contributed by atoms with Crippen molar-refractivity contribution in [3.63, 3.8) is 0 Å². The van der Waals surface area contributed by atoms with Gasteiger partial charge in [-0.1, -0.05) is 0 Å². The van der Waals surface area contributed by atoms with E-state index in [-0.39, 0.29) is 12.5 Å². The van der Waals surface area contributed by atoms with E-state index in [1.54, 1.807) is 16.2 Å². The van der Waals surface area contributed by atoms with E-state index < -0.39 is 5.97 Å². The highest BCUT2D eigenvalue weighted by Crippen LogP contribution is 2.33. The third-order valence-corrected chi connectivity index (χ3v) is 5.93. The van der Waals surface area contributed by atoms with E-state index >= 15 is 0 Å². The number of thiophene rings is 1. The molecule has 0 saturated carbocycles. The summed E-state index contributed by atoms with van der Waals surface area (Å²) >= 11 is 1.57. The van der Waals surface area contributed by atoms with E-state index in [1.165, 1.54) is 0 Å². The third-order valence-electron chi connectivity index (χ3n) is 4.74. The van der Waals surface area contributed by atoms with E-state index in [9.17, 15) is 9.59 Å². The second kappa shape index (κ2) is 7.63. The molecule has 0 aliphatic carbocycles. The average molecular weight is 376 g/mol. The van der Waals surface area contributed by atoms with Gasteiger partial charge in [0.15, 0.2) is 6.61 Å². The summed E-state index contributed by atoms with van der Waals surface area (Å²) in [5.74, 6) is -0.628. The van der Waals surface area contributed by atoms with E-state index in [1.807, 2.05) is 39.8 Å². The Labute approximate surface area is 157 Å². The van der Waals surface area contributed by atoms with E-state index in [0.29, 0.717) is 31.9 Å². The first kappa shape index (κ1) is 18.7. The fourth-order valence-corrected chi connectivity index (χ4v) is 4.36. The number of aryl methyl sites for hydroxylation is 3. The topological polar surface area (TPSA) is 60.8 Å². The maximum absolute atomic E-state index is 12.8. The number of esters is 1. The summed E-state index contributed by atoms with van der Waals surface area (Å²) in [4.78, 5) is 27.8. The van der Waals surface area contributed by atoms with Crippen molar-refractivity contribution < 1.29 is 19.1 Å². The van der Waals surface area contributed by atoms with Crippen molar-refractivity contribution in [2.45, 2.75) is 27.7 Å². The van der Waals surface area contributed by atoms with Gasteiger partial charge in [-0.3, -0.25) is 4.79 Å². The molecule has 0 radical (unpaired) electrons. The molecule has 0 atom stereocenters. The molecule has 0 spiro atoms. The van der Waals surface area contributed by atoms with E-state index in [0.717, 1.165) is 26.8 Å². The molecule has 140 valence electrons. The molecule has 1 amide bonds. The van der Waals surface area contributed by atoms with Crippen LogP contribution in [-0.2, 0) is 14.3 Å². The van der Waals surface area contributed by atoms with Crippen molar-refractivity contribution in [3.05, 3.63) is 39.5 Å². The van der Waals surface area contributed by atoms with Gasteiger partial charge >= 0.3 is 5.97 Å². The number of carbonyl (C=O) groups excluding carboxylic acids is 2. The van der Waals surface area contributed by atoms with Crippen molar-refractivity contribution in [3.8, 4) is 5.00 Å². The molecular formula is C19H24N2O4S. The lowest BCUT2D eigenvalue weighted by Crippen LogP contribution is -2.42. The highest BCUT2D eigenvalue weighted by molar-refractivity contribution is 7.15. The number of rotatable bonds is 4. The molecule has 1 aliphatic rings. The second-order valence-corrected chi connectivity index (χ2v) is 7.69. The van der Waals surface area contributed by atoms with Gasteiger partial charge in [0, 0.05) is 29.4 Å². The zero-order chi connectivity index (χ0) is 18.8. The smallest absolute Gasteiger partial charge is 0.341 e. The first-order valence-corrected chi connectivity index (χ1v) is 9.49. The summed E-state index contributed by atoms with van der Waals surface area (Å²) < 4.78 is 12.7. The molecule has 7 heteroatoms. The minimum Gasteiger partial charge on any atom is -0.452 e. The van der Waals surface area contributed by atoms with Crippen LogP contribution in [0.3, 0.4) is 0 Å². The number of ether oxygens (including phenoxy) is 2. The first-order chi connectivity index (χ1) is 12.4. The van der Waals surface area contributed by atoms with Crippen LogP contribution in [-0.4, -0.2) is 54.3 Å². The number of amides is 1. The van der Waals surface area contributed by atoms with Gasteiger partial charge in [-0.25, -0.2) is 4.79 Å². The van der Waals surface area contributed by atoms with Gasteiger partial charge in [0.05, 0.1) is 18.8 Å². The second-order valence-electron chi connectivity index (χ2n) is 6.48. The van der Waals surface area contributed by atoms with Crippen LogP contribution in [0.1, 0.15) is 32.2 Å². The molecule has 1 fully saturated rings. The Balaban J connectivity index is 1.80. The van der Waals surface area contributed by atoms with Gasteiger partial charge in [0.25, 0.3) is 5.91 Å². The van der Waals surface area contributed by atoms with Crippen LogP contribution >= 0.6 is 11.3 Å². The standard InChI is InChI=1S/C19H24N2O4S/c1-12-5-6-13(2)21(12)18-17(14(3)15(4)26-18)19(23)25-11-16(22)20-7-9-24-10-8-20/h5-6H,7-11H2,1-4H3. The molecule has 0 aromatic carbocycles. The summed E-state index contributed by atoms with van der Waals surface area (Å²) in [6, 6.07) is 4.05. The number of morpholine rings is 1. The molecule has 0 bridgehead atoms. The minimum absolute atomic E-state index is 0.180. The Morgan fingerprint density at radius 2 is 1.73 bits per heavy atom. The number of hydrogen-bond donors (Lipinski definition) is 0. The van der Waals surface area contributed by atoms with Crippen molar-refractivity contribution >= 4 is 23.2 Å². The summed E-state index contributed by atoms with van der Waals surface area (Å²) in [7, 11) is 0. The van der Waals surface area contributed by atoms with Crippen LogP contribution in [0.5, 0.6) is 0 Å². The molecule has 2 aromatic heterocycles. The average Bonchev–Trinajstić information content (AvgIpc) is 3.12. The third kappa shape index (κ3) is 3.54. The number of nitrogens with zero attached hydrogens (tertiary/aromatic N) is 2. The van der Waals surface area contributed by atoms with E-state index in [4.69, 9.17) is 9.47 Å². The van der Waals surface area contributed by atoms with Crippen LogP contribution < -0.4 is 0 Å². The fraction of sp³-hybridized carbons (Fsp3) is 0.474. The highest BCUT2D eigenvalue weighted by atomic mass is 32.1. The maximum atomic E-state index is 12.8. The molecule has 0 unspecified atom stereocenters. The molecular weight excluding hydrogens is 352 g/mol. The predicted molar refractivity (Wildman–Crippen MR) is 100 cm³/mol. The monoisotopic (exact) mass is 376 g/mol. The number of aromatic nitrogens is 1. The molecule has 6 nitrogen and oxygen atoms in total. The van der Waals surface area contributed by atoms with Crippen LogP contribution in [0.2, 0.25) is 0 Å². The SMILES string of the molecule is Cc1sc(-n2c(C)ccc2C)c(C(=O)OCC(=O)N2CCOCC2)c1C.